The standard InChI is InChI=1S/C16H12F3N3O2/c17-16(18,19)11-4-2-1-3-10(11)15(24)20-9-5-6-12-13(7-9)22-14(8-23)21-12/h1-7,23H,8H2,(H,20,24)(H,21,22). The van der Waals surface area contributed by atoms with Crippen molar-refractivity contribution in [1.29, 1.82) is 0 Å². The number of nitrogens with zero attached hydrogens (tertiary/aromatic N) is 1. The summed E-state index contributed by atoms with van der Waals surface area (Å²) in [5, 5.41) is 11.5. The number of rotatable bonds is 3. The molecule has 0 atom stereocenters. The fraction of sp³-hybridized carbons (Fsp3) is 0.125. The van der Waals surface area contributed by atoms with Gasteiger partial charge in [0.2, 0.25) is 0 Å². The molecule has 1 aromatic heterocycles. The summed E-state index contributed by atoms with van der Waals surface area (Å²) in [6, 6.07) is 9.24. The topological polar surface area (TPSA) is 78.0 Å². The first-order valence-corrected chi connectivity index (χ1v) is 6.95. The highest BCUT2D eigenvalue weighted by Gasteiger charge is 2.34. The van der Waals surface area contributed by atoms with Gasteiger partial charge in [-0.3, -0.25) is 4.79 Å². The number of aliphatic hydroxyl groups is 1. The van der Waals surface area contributed by atoms with Gasteiger partial charge in [0.05, 0.1) is 22.2 Å². The first-order valence-electron chi connectivity index (χ1n) is 6.95. The van der Waals surface area contributed by atoms with Crippen LogP contribution in [0.5, 0.6) is 0 Å². The highest BCUT2D eigenvalue weighted by atomic mass is 19.4. The van der Waals surface area contributed by atoms with Crippen molar-refractivity contribution in [3.05, 3.63) is 59.4 Å². The van der Waals surface area contributed by atoms with Crippen LogP contribution in [0.3, 0.4) is 0 Å². The Morgan fingerprint density at radius 2 is 1.96 bits per heavy atom. The third-order valence-corrected chi connectivity index (χ3v) is 3.42. The second kappa shape index (κ2) is 5.97. The van der Waals surface area contributed by atoms with Crippen LogP contribution in [0.15, 0.2) is 42.5 Å². The van der Waals surface area contributed by atoms with Crippen molar-refractivity contribution in [2.45, 2.75) is 12.8 Å². The number of anilines is 1. The largest absolute Gasteiger partial charge is 0.417 e. The van der Waals surface area contributed by atoms with Gasteiger partial charge in [-0.25, -0.2) is 4.98 Å². The molecule has 2 aromatic carbocycles. The zero-order chi connectivity index (χ0) is 17.3. The van der Waals surface area contributed by atoms with E-state index in [2.05, 4.69) is 15.3 Å². The number of amides is 1. The first-order chi connectivity index (χ1) is 11.4. The van der Waals surface area contributed by atoms with Crippen LogP contribution in [-0.2, 0) is 12.8 Å². The molecule has 1 amide bonds. The van der Waals surface area contributed by atoms with Crippen molar-refractivity contribution in [3.63, 3.8) is 0 Å². The number of aromatic nitrogens is 2. The molecule has 5 nitrogen and oxygen atoms in total. The molecule has 0 aliphatic heterocycles. The lowest BCUT2D eigenvalue weighted by molar-refractivity contribution is -0.137. The number of fused-ring (bicyclic) bond motifs is 1. The van der Waals surface area contributed by atoms with Crippen LogP contribution >= 0.6 is 0 Å². The normalized spacial score (nSPS) is 11.7. The van der Waals surface area contributed by atoms with Crippen LogP contribution in [0.1, 0.15) is 21.7 Å². The van der Waals surface area contributed by atoms with Crippen molar-refractivity contribution in [2.75, 3.05) is 5.32 Å². The molecule has 3 N–H and O–H groups in total. The van der Waals surface area contributed by atoms with E-state index in [0.29, 0.717) is 22.5 Å². The highest BCUT2D eigenvalue weighted by Crippen LogP contribution is 2.32. The van der Waals surface area contributed by atoms with Gasteiger partial charge in [-0.2, -0.15) is 13.2 Å². The second-order valence-electron chi connectivity index (χ2n) is 5.07. The molecule has 0 fully saturated rings. The summed E-state index contributed by atoms with van der Waals surface area (Å²) < 4.78 is 38.9. The van der Waals surface area contributed by atoms with Crippen LogP contribution in [-0.4, -0.2) is 21.0 Å². The minimum atomic E-state index is -4.61. The van der Waals surface area contributed by atoms with Crippen molar-refractivity contribution < 1.29 is 23.1 Å². The number of carbonyl (C=O) groups is 1. The number of halogens is 3. The van der Waals surface area contributed by atoms with E-state index >= 15 is 0 Å². The summed E-state index contributed by atoms with van der Waals surface area (Å²) in [5.74, 6) is -0.500. The maximum atomic E-state index is 13.0. The van der Waals surface area contributed by atoms with E-state index in [4.69, 9.17) is 5.11 Å². The maximum Gasteiger partial charge on any atom is 0.417 e. The number of benzene rings is 2. The SMILES string of the molecule is O=C(Nc1ccc2nc(CO)[nH]c2c1)c1ccccc1C(F)(F)F. The predicted molar refractivity (Wildman–Crippen MR) is 81.4 cm³/mol. The van der Waals surface area contributed by atoms with Crippen LogP contribution in [0.4, 0.5) is 18.9 Å². The number of aliphatic hydroxyl groups excluding tert-OH is 1. The molecular weight excluding hydrogens is 323 g/mol. The minimum absolute atomic E-state index is 0.269. The fourth-order valence-corrected chi connectivity index (χ4v) is 2.34. The van der Waals surface area contributed by atoms with Gasteiger partial charge in [0.25, 0.3) is 5.91 Å². The molecule has 0 radical (unpaired) electrons. The lowest BCUT2D eigenvalue weighted by Crippen LogP contribution is -2.18. The number of carbonyl (C=O) groups excluding carboxylic acids is 1. The molecule has 124 valence electrons. The van der Waals surface area contributed by atoms with Gasteiger partial charge in [-0.05, 0) is 30.3 Å². The zero-order valence-corrected chi connectivity index (χ0v) is 12.2. The van der Waals surface area contributed by atoms with E-state index in [-0.39, 0.29) is 6.61 Å². The molecule has 8 heteroatoms. The molecule has 3 aromatic rings. The van der Waals surface area contributed by atoms with Crippen LogP contribution in [0, 0.1) is 0 Å². The molecule has 0 aliphatic carbocycles. The van der Waals surface area contributed by atoms with Crippen molar-refractivity contribution in [2.24, 2.45) is 0 Å². The summed E-state index contributed by atoms with van der Waals surface area (Å²) in [6.45, 7) is -0.269. The van der Waals surface area contributed by atoms with E-state index in [1.54, 1.807) is 6.07 Å². The maximum absolute atomic E-state index is 13.0. The monoisotopic (exact) mass is 335 g/mol. The van der Waals surface area contributed by atoms with E-state index in [0.717, 1.165) is 12.1 Å². The van der Waals surface area contributed by atoms with E-state index in [1.807, 2.05) is 0 Å². The predicted octanol–water partition coefficient (Wildman–Crippen LogP) is 3.33. The Morgan fingerprint density at radius 3 is 2.67 bits per heavy atom. The van der Waals surface area contributed by atoms with Crippen LogP contribution in [0.2, 0.25) is 0 Å². The number of H-pyrrole nitrogens is 1. The fourth-order valence-electron chi connectivity index (χ4n) is 2.34. The molecule has 3 rings (SSSR count). The Bertz CT molecular complexity index is 903. The summed E-state index contributed by atoms with van der Waals surface area (Å²) in [5.41, 5.74) is 0.00440. The van der Waals surface area contributed by atoms with Gasteiger partial charge in [-0.15, -0.1) is 0 Å². The highest BCUT2D eigenvalue weighted by molar-refractivity contribution is 6.06. The van der Waals surface area contributed by atoms with Gasteiger partial charge in [0, 0.05) is 5.69 Å². The minimum Gasteiger partial charge on any atom is -0.388 e. The zero-order valence-electron chi connectivity index (χ0n) is 12.2. The second-order valence-corrected chi connectivity index (χ2v) is 5.07. The Balaban J connectivity index is 1.90. The Morgan fingerprint density at radius 1 is 1.21 bits per heavy atom. The smallest absolute Gasteiger partial charge is 0.388 e. The molecule has 0 aliphatic rings. The van der Waals surface area contributed by atoms with Gasteiger partial charge < -0.3 is 15.4 Å². The van der Waals surface area contributed by atoms with E-state index in [9.17, 15) is 18.0 Å². The van der Waals surface area contributed by atoms with Crippen LogP contribution in [0.25, 0.3) is 11.0 Å². The first kappa shape index (κ1) is 16.0. The number of imidazole rings is 1. The number of nitrogens with one attached hydrogen (secondary N) is 2. The van der Waals surface area contributed by atoms with Crippen molar-refractivity contribution in [3.8, 4) is 0 Å². The average Bonchev–Trinajstić information content (AvgIpc) is 2.96. The van der Waals surface area contributed by atoms with Gasteiger partial charge in [0.15, 0.2) is 0 Å². The Labute approximate surface area is 134 Å². The van der Waals surface area contributed by atoms with E-state index in [1.165, 1.54) is 24.3 Å². The number of aromatic amines is 1. The summed E-state index contributed by atoms with van der Waals surface area (Å²) in [6.07, 6.45) is -4.61. The van der Waals surface area contributed by atoms with Crippen molar-refractivity contribution in [1.82, 2.24) is 9.97 Å². The lowest BCUT2D eigenvalue weighted by atomic mass is 10.1. The molecule has 0 unspecified atom stereocenters. The Kier molecular flexibility index (Phi) is 3.98. The molecule has 0 bridgehead atoms. The third-order valence-electron chi connectivity index (χ3n) is 3.42. The molecule has 24 heavy (non-hydrogen) atoms. The number of hydrogen-bond donors (Lipinski definition) is 3. The third kappa shape index (κ3) is 3.09. The molecule has 1 heterocycles. The number of hydrogen-bond acceptors (Lipinski definition) is 3. The lowest BCUT2D eigenvalue weighted by Gasteiger charge is -2.12. The molecule has 0 saturated heterocycles. The van der Waals surface area contributed by atoms with Crippen molar-refractivity contribution >= 4 is 22.6 Å². The molecule has 0 spiro atoms. The molecular formula is C16H12F3N3O2. The Hall–Kier alpha value is -2.87. The quantitative estimate of drug-likeness (QED) is 0.687. The van der Waals surface area contributed by atoms with E-state index < -0.39 is 23.2 Å². The number of alkyl halides is 3. The average molecular weight is 335 g/mol. The van der Waals surface area contributed by atoms with Gasteiger partial charge >= 0.3 is 6.18 Å². The van der Waals surface area contributed by atoms with Gasteiger partial charge in [0.1, 0.15) is 12.4 Å². The molecule has 0 saturated carbocycles. The van der Waals surface area contributed by atoms with Crippen LogP contribution < -0.4 is 5.32 Å². The summed E-state index contributed by atoms with van der Waals surface area (Å²) in [4.78, 5) is 19.1. The summed E-state index contributed by atoms with van der Waals surface area (Å²) in [7, 11) is 0. The van der Waals surface area contributed by atoms with Gasteiger partial charge in [-0.1, -0.05) is 12.1 Å². The summed E-state index contributed by atoms with van der Waals surface area (Å²) >= 11 is 0.